The lowest BCUT2D eigenvalue weighted by Gasteiger charge is -2.35. The summed E-state index contributed by atoms with van der Waals surface area (Å²) in [5, 5.41) is 0. The predicted octanol–water partition coefficient (Wildman–Crippen LogP) is 5.84. The summed E-state index contributed by atoms with van der Waals surface area (Å²) in [4.78, 5) is 0.649. The number of halogens is 2. The van der Waals surface area contributed by atoms with E-state index in [-0.39, 0.29) is 0 Å². The first-order valence-corrected chi connectivity index (χ1v) is 9.18. The Hall–Kier alpha value is -0.0200. The average molecular weight is 404 g/mol. The van der Waals surface area contributed by atoms with E-state index in [0.29, 0.717) is 4.83 Å². The van der Waals surface area contributed by atoms with Gasteiger partial charge >= 0.3 is 0 Å². The van der Waals surface area contributed by atoms with Gasteiger partial charge in [-0.25, -0.2) is 0 Å². The first-order valence-electron chi connectivity index (χ1n) is 7.47. The van der Waals surface area contributed by atoms with Gasteiger partial charge in [-0.3, -0.25) is 0 Å². The minimum absolute atomic E-state index is 0.649. The molecule has 0 saturated heterocycles. The topological polar surface area (TPSA) is 9.23 Å². The van der Waals surface area contributed by atoms with Crippen LogP contribution in [0, 0.1) is 17.8 Å². The highest BCUT2D eigenvalue weighted by Crippen LogP contribution is 2.40. The molecule has 1 aromatic carbocycles. The molecule has 112 valence electrons. The van der Waals surface area contributed by atoms with Gasteiger partial charge in [0, 0.05) is 9.30 Å². The molecule has 20 heavy (non-hydrogen) atoms. The maximum Gasteiger partial charge on any atom is 0.119 e. The van der Waals surface area contributed by atoms with Crippen LogP contribution in [0.1, 0.15) is 38.7 Å². The van der Waals surface area contributed by atoms with Crippen LogP contribution in [-0.4, -0.2) is 11.9 Å². The lowest BCUT2D eigenvalue weighted by atomic mass is 9.74. The zero-order valence-corrected chi connectivity index (χ0v) is 15.7. The second-order valence-electron chi connectivity index (χ2n) is 6.25. The maximum absolute atomic E-state index is 5.35. The molecule has 0 bridgehead atoms. The second kappa shape index (κ2) is 7.31. The molecule has 0 heterocycles. The van der Waals surface area contributed by atoms with Crippen molar-refractivity contribution in [3.05, 3.63) is 28.2 Å². The largest absolute Gasteiger partial charge is 0.497 e. The summed E-state index contributed by atoms with van der Waals surface area (Å²) in [6.07, 6.45) is 5.12. The molecule has 1 aromatic rings. The summed E-state index contributed by atoms with van der Waals surface area (Å²) < 4.78 is 6.55. The Balaban J connectivity index is 2.11. The van der Waals surface area contributed by atoms with Crippen LogP contribution in [0.25, 0.3) is 0 Å². The Bertz CT molecular complexity index is 445. The van der Waals surface area contributed by atoms with Crippen LogP contribution in [0.5, 0.6) is 5.75 Å². The van der Waals surface area contributed by atoms with Crippen LogP contribution in [0.3, 0.4) is 0 Å². The van der Waals surface area contributed by atoms with E-state index in [2.05, 4.69) is 57.8 Å². The van der Waals surface area contributed by atoms with Crippen molar-refractivity contribution in [2.75, 3.05) is 7.11 Å². The van der Waals surface area contributed by atoms with Crippen molar-refractivity contribution in [2.24, 2.45) is 17.8 Å². The third-order valence-corrected chi connectivity index (χ3v) is 6.59. The molecule has 1 nitrogen and oxygen atoms in total. The first kappa shape index (κ1) is 16.4. The average Bonchev–Trinajstić information content (AvgIpc) is 2.43. The highest BCUT2D eigenvalue weighted by Gasteiger charge is 2.30. The van der Waals surface area contributed by atoms with Crippen molar-refractivity contribution < 1.29 is 4.74 Å². The van der Waals surface area contributed by atoms with Crippen LogP contribution in [0.2, 0.25) is 0 Å². The minimum atomic E-state index is 0.649. The van der Waals surface area contributed by atoms with Gasteiger partial charge < -0.3 is 4.74 Å². The number of methoxy groups -OCH3 is 1. The van der Waals surface area contributed by atoms with E-state index in [1.807, 2.05) is 6.07 Å². The number of hydrogen-bond acceptors (Lipinski definition) is 1. The van der Waals surface area contributed by atoms with Gasteiger partial charge in [-0.2, -0.15) is 0 Å². The van der Waals surface area contributed by atoms with Gasteiger partial charge in [0.1, 0.15) is 5.75 Å². The predicted molar refractivity (Wildman–Crippen MR) is 92.8 cm³/mol. The monoisotopic (exact) mass is 402 g/mol. The van der Waals surface area contributed by atoms with E-state index >= 15 is 0 Å². The van der Waals surface area contributed by atoms with Crippen molar-refractivity contribution in [2.45, 2.75) is 44.4 Å². The number of benzene rings is 1. The fourth-order valence-corrected chi connectivity index (χ4v) is 4.27. The molecule has 1 fully saturated rings. The molecular weight excluding hydrogens is 380 g/mol. The Kier molecular flexibility index (Phi) is 5.97. The minimum Gasteiger partial charge on any atom is -0.497 e. The van der Waals surface area contributed by atoms with Crippen molar-refractivity contribution in [3.63, 3.8) is 0 Å². The number of hydrogen-bond donors (Lipinski definition) is 0. The number of alkyl halides is 1. The van der Waals surface area contributed by atoms with Gasteiger partial charge in [-0.05, 0) is 67.2 Å². The van der Waals surface area contributed by atoms with Gasteiger partial charge in [0.15, 0.2) is 0 Å². The number of rotatable bonds is 4. The van der Waals surface area contributed by atoms with Gasteiger partial charge in [-0.15, -0.1) is 0 Å². The van der Waals surface area contributed by atoms with Crippen molar-refractivity contribution in [1.29, 1.82) is 0 Å². The van der Waals surface area contributed by atoms with Crippen LogP contribution >= 0.6 is 31.9 Å². The standard InChI is InChI=1S/C17H24Br2O/c1-11(2)12-4-6-16(18)13(8-12)9-14-10-15(20-3)5-7-17(14)19/h5,7,10-13,16H,4,6,8-9H2,1-3H3. The fourth-order valence-electron chi connectivity index (χ4n) is 3.20. The zero-order valence-electron chi connectivity index (χ0n) is 12.5. The summed E-state index contributed by atoms with van der Waals surface area (Å²) in [6.45, 7) is 4.72. The van der Waals surface area contributed by atoms with Crippen LogP contribution in [0.15, 0.2) is 22.7 Å². The molecule has 0 spiro atoms. The summed E-state index contributed by atoms with van der Waals surface area (Å²) in [6, 6.07) is 6.28. The van der Waals surface area contributed by atoms with E-state index in [0.717, 1.165) is 29.9 Å². The molecule has 1 aliphatic rings. The summed E-state index contributed by atoms with van der Waals surface area (Å²) in [5.41, 5.74) is 1.36. The zero-order chi connectivity index (χ0) is 14.7. The van der Waals surface area contributed by atoms with Crippen LogP contribution in [-0.2, 0) is 6.42 Å². The lowest BCUT2D eigenvalue weighted by molar-refractivity contribution is 0.222. The molecule has 3 atom stereocenters. The molecule has 1 aliphatic carbocycles. The lowest BCUT2D eigenvalue weighted by Crippen LogP contribution is -2.29. The van der Waals surface area contributed by atoms with E-state index in [9.17, 15) is 0 Å². The normalized spacial score (nSPS) is 26.8. The molecule has 0 radical (unpaired) electrons. The summed E-state index contributed by atoms with van der Waals surface area (Å²) >= 11 is 7.58. The Morgan fingerprint density at radius 3 is 2.70 bits per heavy atom. The SMILES string of the molecule is COc1ccc(Br)c(CC2CC(C(C)C)CCC2Br)c1. The van der Waals surface area contributed by atoms with Gasteiger partial charge in [0.05, 0.1) is 7.11 Å². The molecular formula is C17H24Br2O. The Morgan fingerprint density at radius 2 is 2.05 bits per heavy atom. The van der Waals surface area contributed by atoms with Crippen LogP contribution in [0.4, 0.5) is 0 Å². The third-order valence-electron chi connectivity index (χ3n) is 4.61. The quantitative estimate of drug-likeness (QED) is 0.574. The number of ether oxygens (including phenoxy) is 1. The molecule has 1 saturated carbocycles. The fraction of sp³-hybridized carbons (Fsp3) is 0.647. The summed E-state index contributed by atoms with van der Waals surface area (Å²) in [7, 11) is 1.73. The highest BCUT2D eigenvalue weighted by atomic mass is 79.9. The van der Waals surface area contributed by atoms with E-state index in [4.69, 9.17) is 4.74 Å². The molecule has 2 rings (SSSR count). The summed E-state index contributed by atoms with van der Waals surface area (Å²) in [5.74, 6) is 3.34. The maximum atomic E-state index is 5.35. The Labute approximate surface area is 139 Å². The molecule has 3 heteroatoms. The molecule has 3 unspecified atom stereocenters. The molecule has 0 amide bonds. The van der Waals surface area contributed by atoms with E-state index < -0.39 is 0 Å². The van der Waals surface area contributed by atoms with Crippen molar-refractivity contribution in [1.82, 2.24) is 0 Å². The second-order valence-corrected chi connectivity index (χ2v) is 8.29. The van der Waals surface area contributed by atoms with Gasteiger partial charge in [0.2, 0.25) is 0 Å². The Morgan fingerprint density at radius 1 is 1.30 bits per heavy atom. The van der Waals surface area contributed by atoms with Crippen LogP contribution < -0.4 is 4.74 Å². The third kappa shape index (κ3) is 4.00. The molecule has 0 N–H and O–H groups in total. The van der Waals surface area contributed by atoms with Crippen molar-refractivity contribution in [3.8, 4) is 5.75 Å². The first-order chi connectivity index (χ1) is 9.51. The smallest absolute Gasteiger partial charge is 0.119 e. The highest BCUT2D eigenvalue weighted by molar-refractivity contribution is 9.10. The van der Waals surface area contributed by atoms with E-state index in [1.54, 1.807) is 7.11 Å². The van der Waals surface area contributed by atoms with Gasteiger partial charge in [0.25, 0.3) is 0 Å². The van der Waals surface area contributed by atoms with Gasteiger partial charge in [-0.1, -0.05) is 45.7 Å². The van der Waals surface area contributed by atoms with Crippen molar-refractivity contribution >= 4 is 31.9 Å². The molecule has 0 aliphatic heterocycles. The molecule has 0 aromatic heterocycles. The van der Waals surface area contributed by atoms with E-state index in [1.165, 1.54) is 29.3 Å².